The van der Waals surface area contributed by atoms with E-state index in [4.69, 9.17) is 4.74 Å². The van der Waals surface area contributed by atoms with Gasteiger partial charge in [-0.05, 0) is 35.9 Å². The molecule has 0 aromatic heterocycles. The van der Waals surface area contributed by atoms with Gasteiger partial charge in [0.05, 0.1) is 7.11 Å². The molecule has 0 saturated heterocycles. The molecule has 0 saturated carbocycles. The van der Waals surface area contributed by atoms with E-state index in [1.807, 2.05) is 0 Å². The number of ether oxygens (including phenoxy) is 1. The summed E-state index contributed by atoms with van der Waals surface area (Å²) in [5, 5.41) is 13.0. The van der Waals surface area contributed by atoms with Crippen LogP contribution >= 0.6 is 0 Å². The Bertz CT molecular complexity index is 658. The molecule has 0 aliphatic heterocycles. The molecule has 1 amide bonds. The van der Waals surface area contributed by atoms with Crippen molar-refractivity contribution in [2.45, 2.75) is 6.10 Å². The molecule has 110 valence electrons. The number of rotatable bonds is 4. The summed E-state index contributed by atoms with van der Waals surface area (Å²) in [4.78, 5) is 11.9. The van der Waals surface area contributed by atoms with E-state index in [0.717, 1.165) is 0 Å². The maximum absolute atomic E-state index is 13.3. The van der Waals surface area contributed by atoms with Crippen molar-refractivity contribution in [2.75, 3.05) is 14.2 Å². The number of amides is 1. The second-order valence-corrected chi connectivity index (χ2v) is 4.49. The van der Waals surface area contributed by atoms with Crippen LogP contribution < -0.4 is 10.1 Å². The Hall–Kier alpha value is -2.40. The van der Waals surface area contributed by atoms with Gasteiger partial charge in [-0.25, -0.2) is 4.39 Å². The first kappa shape index (κ1) is 15.0. The predicted molar refractivity (Wildman–Crippen MR) is 76.8 cm³/mol. The van der Waals surface area contributed by atoms with Gasteiger partial charge in [0.15, 0.2) is 0 Å². The molecule has 1 atom stereocenters. The van der Waals surface area contributed by atoms with Crippen LogP contribution in [0.3, 0.4) is 0 Å². The van der Waals surface area contributed by atoms with Crippen LogP contribution in [0.15, 0.2) is 42.5 Å². The van der Waals surface area contributed by atoms with Crippen LogP contribution in [0, 0.1) is 5.82 Å². The molecule has 2 aromatic carbocycles. The fourth-order valence-electron chi connectivity index (χ4n) is 2.09. The van der Waals surface area contributed by atoms with Crippen LogP contribution in [0.2, 0.25) is 0 Å². The smallest absolute Gasteiger partial charge is 0.251 e. The molecule has 2 rings (SSSR count). The number of hydrogen-bond acceptors (Lipinski definition) is 3. The van der Waals surface area contributed by atoms with E-state index in [1.54, 1.807) is 24.3 Å². The Labute approximate surface area is 122 Å². The van der Waals surface area contributed by atoms with E-state index in [-0.39, 0.29) is 5.91 Å². The predicted octanol–water partition coefficient (Wildman–Crippen LogP) is 2.28. The number of methoxy groups -OCH3 is 1. The van der Waals surface area contributed by atoms with Gasteiger partial charge in [-0.1, -0.05) is 12.1 Å². The lowest BCUT2D eigenvalue weighted by molar-refractivity contribution is 0.0958. The zero-order chi connectivity index (χ0) is 15.4. The summed E-state index contributed by atoms with van der Waals surface area (Å²) >= 11 is 0. The van der Waals surface area contributed by atoms with Gasteiger partial charge in [-0.3, -0.25) is 4.79 Å². The fourth-order valence-corrected chi connectivity index (χ4v) is 2.09. The number of aliphatic hydroxyl groups excluding tert-OH is 1. The highest BCUT2D eigenvalue weighted by Crippen LogP contribution is 2.28. The molecule has 2 aromatic rings. The first-order valence-electron chi connectivity index (χ1n) is 6.40. The van der Waals surface area contributed by atoms with E-state index >= 15 is 0 Å². The van der Waals surface area contributed by atoms with E-state index < -0.39 is 11.9 Å². The maximum atomic E-state index is 13.3. The lowest BCUT2D eigenvalue weighted by atomic mass is 9.96. The standard InChI is InChI=1S/C16H16FNO3/c1-18-16(20)13-7-6-12(21-2)9-14(13)15(19)10-4-3-5-11(17)8-10/h3-9,15,19H,1-2H3,(H,18,20). The molecular formula is C16H16FNO3. The highest BCUT2D eigenvalue weighted by Gasteiger charge is 2.19. The number of hydrogen-bond donors (Lipinski definition) is 2. The fraction of sp³-hybridized carbons (Fsp3) is 0.188. The van der Waals surface area contributed by atoms with Crippen molar-refractivity contribution in [2.24, 2.45) is 0 Å². The Morgan fingerprint density at radius 3 is 2.67 bits per heavy atom. The Morgan fingerprint density at radius 1 is 1.29 bits per heavy atom. The third-order valence-corrected chi connectivity index (χ3v) is 3.19. The average Bonchev–Trinajstić information content (AvgIpc) is 2.52. The second kappa shape index (κ2) is 6.37. The van der Waals surface area contributed by atoms with Gasteiger partial charge in [0.25, 0.3) is 5.91 Å². The van der Waals surface area contributed by atoms with Gasteiger partial charge in [-0.2, -0.15) is 0 Å². The van der Waals surface area contributed by atoms with Crippen LogP contribution in [0.1, 0.15) is 27.6 Å². The van der Waals surface area contributed by atoms with Gasteiger partial charge >= 0.3 is 0 Å². The Balaban J connectivity index is 2.51. The number of carbonyl (C=O) groups is 1. The van der Waals surface area contributed by atoms with Crippen LogP contribution in [-0.4, -0.2) is 25.2 Å². The normalized spacial score (nSPS) is 11.8. The van der Waals surface area contributed by atoms with E-state index in [2.05, 4.69) is 5.32 Å². The average molecular weight is 289 g/mol. The van der Waals surface area contributed by atoms with Crippen molar-refractivity contribution in [3.63, 3.8) is 0 Å². The zero-order valence-corrected chi connectivity index (χ0v) is 11.8. The summed E-state index contributed by atoms with van der Waals surface area (Å²) in [6, 6.07) is 10.4. The highest BCUT2D eigenvalue weighted by atomic mass is 19.1. The Morgan fingerprint density at radius 2 is 2.05 bits per heavy atom. The third-order valence-electron chi connectivity index (χ3n) is 3.19. The molecule has 4 nitrogen and oxygen atoms in total. The number of aliphatic hydroxyl groups is 1. The molecule has 2 N–H and O–H groups in total. The molecule has 21 heavy (non-hydrogen) atoms. The number of carbonyl (C=O) groups excluding carboxylic acids is 1. The van der Waals surface area contributed by atoms with E-state index in [1.165, 1.54) is 32.4 Å². The molecule has 5 heteroatoms. The molecule has 0 aliphatic rings. The SMILES string of the molecule is CNC(=O)c1ccc(OC)cc1C(O)c1cccc(F)c1. The number of halogens is 1. The lowest BCUT2D eigenvalue weighted by Gasteiger charge is -2.16. The highest BCUT2D eigenvalue weighted by molar-refractivity contribution is 5.96. The molecule has 0 heterocycles. The van der Waals surface area contributed by atoms with E-state index in [9.17, 15) is 14.3 Å². The number of benzene rings is 2. The first-order chi connectivity index (χ1) is 10.1. The first-order valence-corrected chi connectivity index (χ1v) is 6.40. The van der Waals surface area contributed by atoms with Gasteiger partial charge in [0, 0.05) is 18.2 Å². The van der Waals surface area contributed by atoms with Gasteiger partial charge < -0.3 is 15.2 Å². The Kier molecular flexibility index (Phi) is 4.55. The molecule has 1 unspecified atom stereocenters. The summed E-state index contributed by atoms with van der Waals surface area (Å²) < 4.78 is 18.4. The minimum absolute atomic E-state index is 0.315. The van der Waals surface area contributed by atoms with Gasteiger partial charge in [-0.15, -0.1) is 0 Å². The summed E-state index contributed by atoms with van der Waals surface area (Å²) in [6.45, 7) is 0. The minimum Gasteiger partial charge on any atom is -0.497 e. The molecule has 0 bridgehead atoms. The van der Waals surface area contributed by atoms with Crippen molar-refractivity contribution in [3.8, 4) is 5.75 Å². The summed E-state index contributed by atoms with van der Waals surface area (Å²) in [7, 11) is 3.00. The number of nitrogens with one attached hydrogen (secondary N) is 1. The molecule has 0 aliphatic carbocycles. The van der Waals surface area contributed by atoms with Crippen LogP contribution in [0.25, 0.3) is 0 Å². The molecule has 0 fully saturated rings. The zero-order valence-electron chi connectivity index (χ0n) is 11.8. The quantitative estimate of drug-likeness (QED) is 0.908. The van der Waals surface area contributed by atoms with Gasteiger partial charge in [0.1, 0.15) is 17.7 Å². The third kappa shape index (κ3) is 3.20. The second-order valence-electron chi connectivity index (χ2n) is 4.49. The van der Waals surface area contributed by atoms with E-state index in [0.29, 0.717) is 22.4 Å². The maximum Gasteiger partial charge on any atom is 0.251 e. The molecular weight excluding hydrogens is 273 g/mol. The summed E-state index contributed by atoms with van der Waals surface area (Å²) in [5.41, 5.74) is 1.04. The monoisotopic (exact) mass is 289 g/mol. The van der Waals surface area contributed by atoms with Crippen LogP contribution in [-0.2, 0) is 0 Å². The van der Waals surface area contributed by atoms with Crippen molar-refractivity contribution in [1.29, 1.82) is 0 Å². The summed E-state index contributed by atoms with van der Waals surface area (Å²) in [6.07, 6.45) is -1.12. The molecule has 0 spiro atoms. The van der Waals surface area contributed by atoms with Gasteiger partial charge in [0.2, 0.25) is 0 Å². The van der Waals surface area contributed by atoms with Crippen LogP contribution in [0.4, 0.5) is 4.39 Å². The van der Waals surface area contributed by atoms with Crippen LogP contribution in [0.5, 0.6) is 5.75 Å². The topological polar surface area (TPSA) is 58.6 Å². The minimum atomic E-state index is -1.12. The van der Waals surface area contributed by atoms with Crippen molar-refractivity contribution >= 4 is 5.91 Å². The van der Waals surface area contributed by atoms with Crippen molar-refractivity contribution < 1.29 is 19.0 Å². The van der Waals surface area contributed by atoms with Crippen molar-refractivity contribution in [3.05, 3.63) is 65.0 Å². The lowest BCUT2D eigenvalue weighted by Crippen LogP contribution is -2.21. The molecule has 0 radical (unpaired) electrons. The largest absolute Gasteiger partial charge is 0.497 e. The summed E-state index contributed by atoms with van der Waals surface area (Å²) in [5.74, 6) is -0.271. The van der Waals surface area contributed by atoms with Crippen molar-refractivity contribution in [1.82, 2.24) is 5.32 Å².